The molecule has 3 aromatic heterocycles. The van der Waals surface area contributed by atoms with E-state index in [4.69, 9.17) is 9.26 Å². The monoisotopic (exact) mass is 315 g/mol. The number of aromatic nitrogens is 6. The highest BCUT2D eigenvalue weighted by atomic mass is 16.5. The van der Waals surface area contributed by atoms with Crippen LogP contribution in [-0.4, -0.2) is 42.9 Å². The number of methoxy groups -OCH3 is 1. The van der Waals surface area contributed by atoms with E-state index in [-0.39, 0.29) is 24.4 Å². The van der Waals surface area contributed by atoms with Gasteiger partial charge in [0.25, 0.3) is 5.91 Å². The summed E-state index contributed by atoms with van der Waals surface area (Å²) in [6, 6.07) is 0.194. The predicted molar refractivity (Wildman–Crippen MR) is 76.3 cm³/mol. The SMILES string of the molecule is COc1ncc(C(=O)NCc2nc(-c3cnn(C)c3)no2)cn1. The summed E-state index contributed by atoms with van der Waals surface area (Å²) < 4.78 is 11.6. The molecule has 0 radical (unpaired) electrons. The Balaban J connectivity index is 1.61. The Morgan fingerprint density at radius 3 is 2.78 bits per heavy atom. The first-order valence-electron chi connectivity index (χ1n) is 6.61. The average Bonchev–Trinajstić information content (AvgIpc) is 3.21. The van der Waals surface area contributed by atoms with Crippen LogP contribution in [0, 0.1) is 0 Å². The molecule has 1 amide bonds. The van der Waals surface area contributed by atoms with E-state index < -0.39 is 0 Å². The number of hydrogen-bond acceptors (Lipinski definition) is 8. The second-order valence-electron chi connectivity index (χ2n) is 4.56. The lowest BCUT2D eigenvalue weighted by Gasteiger charge is -2.02. The van der Waals surface area contributed by atoms with Gasteiger partial charge in [-0.3, -0.25) is 9.48 Å². The van der Waals surface area contributed by atoms with Gasteiger partial charge in [-0.15, -0.1) is 0 Å². The van der Waals surface area contributed by atoms with E-state index in [0.29, 0.717) is 11.4 Å². The zero-order valence-electron chi connectivity index (χ0n) is 12.4. The van der Waals surface area contributed by atoms with Gasteiger partial charge >= 0.3 is 6.01 Å². The van der Waals surface area contributed by atoms with Gasteiger partial charge in [0.1, 0.15) is 0 Å². The molecule has 3 aromatic rings. The second kappa shape index (κ2) is 6.22. The summed E-state index contributed by atoms with van der Waals surface area (Å²) in [6.45, 7) is 0.0954. The number of carbonyl (C=O) groups is 1. The minimum Gasteiger partial charge on any atom is -0.467 e. The van der Waals surface area contributed by atoms with Crippen molar-refractivity contribution >= 4 is 5.91 Å². The third kappa shape index (κ3) is 3.31. The molecule has 3 heterocycles. The molecule has 3 rings (SSSR count). The van der Waals surface area contributed by atoms with Crippen molar-refractivity contribution in [2.75, 3.05) is 7.11 Å². The molecule has 0 aliphatic rings. The van der Waals surface area contributed by atoms with Crippen LogP contribution < -0.4 is 10.1 Å². The number of amides is 1. The maximum atomic E-state index is 12.0. The highest BCUT2D eigenvalue weighted by molar-refractivity contribution is 5.93. The largest absolute Gasteiger partial charge is 0.467 e. The van der Waals surface area contributed by atoms with Crippen molar-refractivity contribution in [1.29, 1.82) is 0 Å². The highest BCUT2D eigenvalue weighted by Gasteiger charge is 2.12. The van der Waals surface area contributed by atoms with Gasteiger partial charge in [-0.1, -0.05) is 5.16 Å². The molecule has 23 heavy (non-hydrogen) atoms. The smallest absolute Gasteiger partial charge is 0.316 e. The van der Waals surface area contributed by atoms with E-state index in [1.807, 2.05) is 0 Å². The Morgan fingerprint density at radius 2 is 2.13 bits per heavy atom. The van der Waals surface area contributed by atoms with Crippen molar-refractivity contribution in [2.45, 2.75) is 6.54 Å². The van der Waals surface area contributed by atoms with Crippen LogP contribution in [0.1, 0.15) is 16.2 Å². The molecule has 118 valence electrons. The van der Waals surface area contributed by atoms with E-state index in [1.54, 1.807) is 24.1 Å². The zero-order valence-corrected chi connectivity index (χ0v) is 12.4. The summed E-state index contributed by atoms with van der Waals surface area (Å²) in [5.74, 6) is 0.343. The Bertz CT molecular complexity index is 809. The molecule has 0 saturated heterocycles. The summed E-state index contributed by atoms with van der Waals surface area (Å²) in [5, 5.41) is 10.5. The van der Waals surface area contributed by atoms with E-state index in [0.717, 1.165) is 5.56 Å². The normalized spacial score (nSPS) is 10.5. The summed E-state index contributed by atoms with van der Waals surface area (Å²) in [5.41, 5.74) is 1.04. The summed E-state index contributed by atoms with van der Waals surface area (Å²) in [4.78, 5) is 23.9. The zero-order chi connectivity index (χ0) is 16.2. The number of rotatable bonds is 5. The van der Waals surface area contributed by atoms with Gasteiger partial charge in [0.05, 0.1) is 31.0 Å². The standard InChI is InChI=1S/C13H13N7O3/c1-20-7-9(5-17-20)11-18-10(23-19-11)6-14-12(21)8-3-15-13(22-2)16-4-8/h3-5,7H,6H2,1-2H3,(H,14,21). The van der Waals surface area contributed by atoms with Crippen molar-refractivity contribution in [1.82, 2.24) is 35.2 Å². The molecule has 0 atom stereocenters. The van der Waals surface area contributed by atoms with Crippen LogP contribution in [0.2, 0.25) is 0 Å². The van der Waals surface area contributed by atoms with Gasteiger partial charge in [-0.2, -0.15) is 10.1 Å². The molecular formula is C13H13N7O3. The molecule has 0 unspecified atom stereocenters. The van der Waals surface area contributed by atoms with E-state index in [2.05, 4.69) is 30.5 Å². The Morgan fingerprint density at radius 1 is 1.35 bits per heavy atom. The number of nitrogens with one attached hydrogen (secondary N) is 1. The number of carbonyl (C=O) groups excluding carboxylic acids is 1. The fraction of sp³-hybridized carbons (Fsp3) is 0.231. The molecular weight excluding hydrogens is 302 g/mol. The third-order valence-corrected chi connectivity index (χ3v) is 2.90. The average molecular weight is 315 g/mol. The molecule has 0 aliphatic heterocycles. The minimum atomic E-state index is -0.353. The van der Waals surface area contributed by atoms with Gasteiger partial charge in [-0.05, 0) is 0 Å². The lowest BCUT2D eigenvalue weighted by molar-refractivity contribution is 0.0945. The molecule has 10 heteroatoms. The first kappa shape index (κ1) is 14.6. The number of aryl methyl sites for hydroxylation is 1. The number of ether oxygens (including phenoxy) is 1. The van der Waals surface area contributed by atoms with Gasteiger partial charge in [0.15, 0.2) is 0 Å². The quantitative estimate of drug-likeness (QED) is 0.708. The maximum absolute atomic E-state index is 12.0. The number of nitrogens with zero attached hydrogens (tertiary/aromatic N) is 6. The van der Waals surface area contributed by atoms with Crippen molar-refractivity contribution in [3.05, 3.63) is 36.2 Å². The second-order valence-corrected chi connectivity index (χ2v) is 4.56. The fourth-order valence-electron chi connectivity index (χ4n) is 1.78. The van der Waals surface area contributed by atoms with E-state index in [9.17, 15) is 4.79 Å². The molecule has 0 aromatic carbocycles. The van der Waals surface area contributed by atoms with E-state index in [1.165, 1.54) is 19.5 Å². The van der Waals surface area contributed by atoms with Crippen molar-refractivity contribution in [3.8, 4) is 17.4 Å². The van der Waals surface area contributed by atoms with Crippen LogP contribution in [-0.2, 0) is 13.6 Å². The first-order valence-corrected chi connectivity index (χ1v) is 6.61. The predicted octanol–water partition coefficient (Wildman–Crippen LogP) is 0.199. The number of hydrogen-bond donors (Lipinski definition) is 1. The van der Waals surface area contributed by atoms with Crippen LogP contribution in [0.3, 0.4) is 0 Å². The van der Waals surface area contributed by atoms with Crippen molar-refractivity contribution < 1.29 is 14.1 Å². The van der Waals surface area contributed by atoms with Gasteiger partial charge in [0, 0.05) is 25.6 Å². The van der Waals surface area contributed by atoms with Crippen LogP contribution in [0.4, 0.5) is 0 Å². The van der Waals surface area contributed by atoms with Crippen LogP contribution in [0.15, 0.2) is 29.3 Å². The fourth-order valence-corrected chi connectivity index (χ4v) is 1.78. The van der Waals surface area contributed by atoms with Gasteiger partial charge in [-0.25, -0.2) is 9.97 Å². The van der Waals surface area contributed by atoms with Gasteiger partial charge in [0.2, 0.25) is 11.7 Å². The Labute approximate surface area is 130 Å². The van der Waals surface area contributed by atoms with Gasteiger partial charge < -0.3 is 14.6 Å². The lowest BCUT2D eigenvalue weighted by atomic mass is 10.3. The molecule has 1 N–H and O–H groups in total. The maximum Gasteiger partial charge on any atom is 0.316 e. The lowest BCUT2D eigenvalue weighted by Crippen LogP contribution is -2.23. The minimum absolute atomic E-state index is 0.0954. The Hall–Kier alpha value is -3.30. The molecule has 0 aliphatic carbocycles. The first-order chi connectivity index (χ1) is 11.2. The topological polar surface area (TPSA) is 121 Å². The summed E-state index contributed by atoms with van der Waals surface area (Å²) in [6.07, 6.45) is 6.13. The van der Waals surface area contributed by atoms with E-state index >= 15 is 0 Å². The van der Waals surface area contributed by atoms with Crippen molar-refractivity contribution in [2.24, 2.45) is 7.05 Å². The third-order valence-electron chi connectivity index (χ3n) is 2.90. The molecule has 0 bridgehead atoms. The van der Waals surface area contributed by atoms with Crippen LogP contribution >= 0.6 is 0 Å². The molecule has 0 spiro atoms. The molecule has 0 saturated carbocycles. The molecule has 10 nitrogen and oxygen atoms in total. The van der Waals surface area contributed by atoms with Crippen molar-refractivity contribution in [3.63, 3.8) is 0 Å². The van der Waals surface area contributed by atoms with Crippen LogP contribution in [0.25, 0.3) is 11.4 Å². The summed E-state index contributed by atoms with van der Waals surface area (Å²) >= 11 is 0. The summed E-state index contributed by atoms with van der Waals surface area (Å²) in [7, 11) is 3.24. The van der Waals surface area contributed by atoms with Crippen LogP contribution in [0.5, 0.6) is 6.01 Å². The molecule has 0 fully saturated rings. The highest BCUT2D eigenvalue weighted by Crippen LogP contribution is 2.13. The Kier molecular flexibility index (Phi) is 3.95.